The first-order chi connectivity index (χ1) is 11.2. The van der Waals surface area contributed by atoms with Crippen LogP contribution >= 0.6 is 15.9 Å². The summed E-state index contributed by atoms with van der Waals surface area (Å²) in [5, 5.41) is 19.4. The molecule has 0 radical (unpaired) electrons. The number of aliphatic hydroxyl groups excluding tert-OH is 2. The number of rotatable bonds is 9. The molecule has 2 aromatic carbocycles. The van der Waals surface area contributed by atoms with E-state index in [1.807, 2.05) is 59.5 Å². The molecule has 0 spiro atoms. The quantitative estimate of drug-likeness (QED) is 0.703. The molecular formula is C18H22BrNO3. The van der Waals surface area contributed by atoms with Crippen molar-refractivity contribution < 1.29 is 14.9 Å². The molecule has 0 heterocycles. The van der Waals surface area contributed by atoms with E-state index < -0.39 is 6.10 Å². The molecule has 0 aliphatic heterocycles. The van der Waals surface area contributed by atoms with Gasteiger partial charge in [0.15, 0.2) is 0 Å². The summed E-state index contributed by atoms with van der Waals surface area (Å²) in [4.78, 5) is 2.02. The normalized spacial score (nSPS) is 12.3. The molecule has 0 saturated heterocycles. The third-order valence-electron chi connectivity index (χ3n) is 3.39. The highest BCUT2D eigenvalue weighted by atomic mass is 79.9. The van der Waals surface area contributed by atoms with Gasteiger partial charge in [-0.2, -0.15) is 0 Å². The van der Waals surface area contributed by atoms with Crippen molar-refractivity contribution in [1.82, 2.24) is 4.90 Å². The largest absolute Gasteiger partial charge is 0.491 e. The Morgan fingerprint density at radius 2 is 1.74 bits per heavy atom. The van der Waals surface area contributed by atoms with Crippen molar-refractivity contribution >= 4 is 15.9 Å². The Morgan fingerprint density at radius 1 is 1.04 bits per heavy atom. The lowest BCUT2D eigenvalue weighted by atomic mass is 10.2. The minimum atomic E-state index is -0.617. The summed E-state index contributed by atoms with van der Waals surface area (Å²) >= 11 is 3.37. The van der Waals surface area contributed by atoms with Gasteiger partial charge < -0.3 is 14.9 Å². The van der Waals surface area contributed by atoms with E-state index in [0.29, 0.717) is 19.6 Å². The van der Waals surface area contributed by atoms with E-state index in [1.165, 1.54) is 0 Å². The molecule has 1 atom stereocenters. The number of hydrogen-bond donors (Lipinski definition) is 2. The van der Waals surface area contributed by atoms with Crippen LogP contribution in [0.5, 0.6) is 5.75 Å². The zero-order valence-corrected chi connectivity index (χ0v) is 14.5. The van der Waals surface area contributed by atoms with Gasteiger partial charge in [-0.1, -0.05) is 46.3 Å². The summed E-state index contributed by atoms with van der Waals surface area (Å²) in [6, 6.07) is 17.5. The van der Waals surface area contributed by atoms with Gasteiger partial charge in [0.2, 0.25) is 0 Å². The maximum atomic E-state index is 10.2. The monoisotopic (exact) mass is 379 g/mol. The molecule has 2 aromatic rings. The fraction of sp³-hybridized carbons (Fsp3) is 0.333. The van der Waals surface area contributed by atoms with E-state index in [2.05, 4.69) is 15.9 Å². The van der Waals surface area contributed by atoms with E-state index in [9.17, 15) is 10.2 Å². The van der Waals surface area contributed by atoms with Gasteiger partial charge in [-0.3, -0.25) is 4.90 Å². The van der Waals surface area contributed by atoms with Gasteiger partial charge in [-0.25, -0.2) is 0 Å². The molecule has 2 N–H and O–H groups in total. The van der Waals surface area contributed by atoms with Gasteiger partial charge in [-0.05, 0) is 29.8 Å². The van der Waals surface area contributed by atoms with Gasteiger partial charge in [0.1, 0.15) is 18.5 Å². The Kier molecular flexibility index (Phi) is 7.55. The number of ether oxygens (including phenoxy) is 1. The number of aliphatic hydroxyl groups is 2. The minimum absolute atomic E-state index is 0.0626. The molecule has 0 unspecified atom stereocenters. The van der Waals surface area contributed by atoms with Crippen molar-refractivity contribution in [3.8, 4) is 5.75 Å². The number of nitrogens with zero attached hydrogens (tertiary/aromatic N) is 1. The Labute approximate surface area is 145 Å². The average Bonchev–Trinajstić information content (AvgIpc) is 2.55. The molecule has 0 amide bonds. The predicted molar refractivity (Wildman–Crippen MR) is 94.4 cm³/mol. The molecule has 0 bridgehead atoms. The number of halogens is 1. The maximum absolute atomic E-state index is 10.2. The van der Waals surface area contributed by atoms with Crippen molar-refractivity contribution in [3.63, 3.8) is 0 Å². The van der Waals surface area contributed by atoms with Crippen LogP contribution in [0.15, 0.2) is 59.1 Å². The van der Waals surface area contributed by atoms with Crippen LogP contribution in [0.2, 0.25) is 0 Å². The van der Waals surface area contributed by atoms with Crippen LogP contribution in [-0.2, 0) is 6.54 Å². The highest BCUT2D eigenvalue weighted by Gasteiger charge is 2.13. The molecular weight excluding hydrogens is 358 g/mol. The minimum Gasteiger partial charge on any atom is -0.491 e. The average molecular weight is 380 g/mol. The van der Waals surface area contributed by atoms with Crippen LogP contribution in [0.3, 0.4) is 0 Å². The number of hydrogen-bond acceptors (Lipinski definition) is 4. The standard InChI is InChI=1S/C18H22BrNO3/c19-16-6-8-18(9-7-16)23-14-17(22)13-20(10-11-21)12-15-4-2-1-3-5-15/h1-9,17,21-22H,10-14H2/t17-/m0/s1. The Morgan fingerprint density at radius 3 is 2.39 bits per heavy atom. The van der Waals surface area contributed by atoms with Gasteiger partial charge in [-0.15, -0.1) is 0 Å². The molecule has 0 fully saturated rings. The lowest BCUT2D eigenvalue weighted by Gasteiger charge is -2.24. The van der Waals surface area contributed by atoms with Crippen LogP contribution in [-0.4, -0.2) is 47.5 Å². The predicted octanol–water partition coefficient (Wildman–Crippen LogP) is 2.68. The molecule has 124 valence electrons. The van der Waals surface area contributed by atoms with Crippen molar-refractivity contribution in [2.75, 3.05) is 26.3 Å². The van der Waals surface area contributed by atoms with Gasteiger partial charge in [0.05, 0.1) is 6.61 Å². The van der Waals surface area contributed by atoms with Crippen molar-refractivity contribution in [1.29, 1.82) is 0 Å². The molecule has 4 nitrogen and oxygen atoms in total. The third-order valence-corrected chi connectivity index (χ3v) is 3.92. The van der Waals surface area contributed by atoms with Crippen LogP contribution < -0.4 is 4.74 Å². The fourth-order valence-corrected chi connectivity index (χ4v) is 2.56. The van der Waals surface area contributed by atoms with Gasteiger partial charge in [0, 0.05) is 24.1 Å². The van der Waals surface area contributed by atoms with Crippen LogP contribution in [0.1, 0.15) is 5.56 Å². The van der Waals surface area contributed by atoms with E-state index >= 15 is 0 Å². The van der Waals surface area contributed by atoms with Crippen LogP contribution in [0, 0.1) is 0 Å². The van der Waals surface area contributed by atoms with Crippen LogP contribution in [0.25, 0.3) is 0 Å². The second-order valence-corrected chi connectivity index (χ2v) is 6.28. The first kappa shape index (κ1) is 17.9. The summed E-state index contributed by atoms with van der Waals surface area (Å²) in [6.07, 6.45) is -0.617. The zero-order valence-electron chi connectivity index (χ0n) is 12.9. The first-order valence-electron chi connectivity index (χ1n) is 7.61. The molecule has 0 aliphatic carbocycles. The summed E-state index contributed by atoms with van der Waals surface area (Å²) < 4.78 is 6.58. The highest BCUT2D eigenvalue weighted by molar-refractivity contribution is 9.10. The summed E-state index contributed by atoms with van der Waals surface area (Å²) in [7, 11) is 0. The van der Waals surface area contributed by atoms with Crippen molar-refractivity contribution in [2.45, 2.75) is 12.6 Å². The molecule has 0 saturated carbocycles. The number of benzene rings is 2. The van der Waals surface area contributed by atoms with E-state index in [-0.39, 0.29) is 13.2 Å². The summed E-state index contributed by atoms with van der Waals surface area (Å²) in [5.74, 6) is 0.726. The maximum Gasteiger partial charge on any atom is 0.119 e. The molecule has 23 heavy (non-hydrogen) atoms. The van der Waals surface area contributed by atoms with Crippen LogP contribution in [0.4, 0.5) is 0 Å². The lowest BCUT2D eigenvalue weighted by Crippen LogP contribution is -2.37. The Balaban J connectivity index is 1.82. The van der Waals surface area contributed by atoms with E-state index in [1.54, 1.807) is 0 Å². The highest BCUT2D eigenvalue weighted by Crippen LogP contribution is 2.16. The second kappa shape index (κ2) is 9.67. The van der Waals surface area contributed by atoms with Gasteiger partial charge in [0.25, 0.3) is 0 Å². The lowest BCUT2D eigenvalue weighted by molar-refractivity contribution is 0.0590. The smallest absolute Gasteiger partial charge is 0.119 e. The van der Waals surface area contributed by atoms with E-state index in [4.69, 9.17) is 4.74 Å². The summed E-state index contributed by atoms with van der Waals surface area (Å²) in [6.45, 7) is 1.94. The van der Waals surface area contributed by atoms with Crippen molar-refractivity contribution in [2.24, 2.45) is 0 Å². The first-order valence-corrected chi connectivity index (χ1v) is 8.40. The Bertz CT molecular complexity index is 562. The zero-order chi connectivity index (χ0) is 16.5. The second-order valence-electron chi connectivity index (χ2n) is 5.36. The topological polar surface area (TPSA) is 52.9 Å². The van der Waals surface area contributed by atoms with Gasteiger partial charge >= 0.3 is 0 Å². The fourth-order valence-electron chi connectivity index (χ4n) is 2.29. The molecule has 5 heteroatoms. The third kappa shape index (κ3) is 6.71. The SMILES string of the molecule is OCCN(Cc1ccccc1)C[C@H](O)COc1ccc(Br)cc1. The molecule has 2 rings (SSSR count). The summed E-state index contributed by atoms with van der Waals surface area (Å²) in [5.41, 5.74) is 1.15. The van der Waals surface area contributed by atoms with E-state index in [0.717, 1.165) is 15.8 Å². The molecule has 0 aliphatic rings. The Hall–Kier alpha value is -1.40. The molecule has 0 aromatic heterocycles. The van der Waals surface area contributed by atoms with Crippen molar-refractivity contribution in [3.05, 3.63) is 64.6 Å².